The van der Waals surface area contributed by atoms with E-state index in [2.05, 4.69) is 22.1 Å². The van der Waals surface area contributed by atoms with Gasteiger partial charge in [-0.2, -0.15) is 0 Å². The molecule has 0 saturated heterocycles. The van der Waals surface area contributed by atoms with Crippen LogP contribution in [0.3, 0.4) is 0 Å². The highest BCUT2D eigenvalue weighted by molar-refractivity contribution is 5.92. The molecule has 0 unspecified atom stereocenters. The first kappa shape index (κ1) is 14.8. The van der Waals surface area contributed by atoms with E-state index in [1.54, 1.807) is 12.3 Å². The highest BCUT2D eigenvalue weighted by Crippen LogP contribution is 2.14. The van der Waals surface area contributed by atoms with Crippen LogP contribution < -0.4 is 5.32 Å². The second-order valence-corrected chi connectivity index (χ2v) is 4.54. The number of carbonyl (C=O) groups is 1. The van der Waals surface area contributed by atoms with Gasteiger partial charge in [0.05, 0.1) is 6.42 Å². The zero-order chi connectivity index (χ0) is 15.1. The van der Waals surface area contributed by atoms with Crippen LogP contribution in [-0.2, 0) is 11.2 Å². The molecular weight excluding hydrogens is 264 g/mol. The summed E-state index contributed by atoms with van der Waals surface area (Å²) in [6.07, 6.45) is 1.89. The van der Waals surface area contributed by atoms with Crippen molar-refractivity contribution < 1.29 is 9.90 Å². The molecule has 0 spiro atoms. The highest BCUT2D eigenvalue weighted by Gasteiger charge is 2.06. The van der Waals surface area contributed by atoms with Gasteiger partial charge >= 0.3 is 0 Å². The first-order chi connectivity index (χ1) is 10.2. The van der Waals surface area contributed by atoms with Crippen LogP contribution in [-0.4, -0.2) is 22.6 Å². The standard InChI is InChI=1S/C17H16N2O2/c1-13-7-8-16(11-14(13)5-4-10-20)19-17(21)12-15-6-2-3-9-18-15/h2-3,6-9,11,20H,10,12H2,1H3,(H,19,21). The van der Waals surface area contributed by atoms with Gasteiger partial charge in [0, 0.05) is 23.1 Å². The predicted molar refractivity (Wildman–Crippen MR) is 81.7 cm³/mol. The molecule has 0 atom stereocenters. The quantitative estimate of drug-likeness (QED) is 0.844. The van der Waals surface area contributed by atoms with Crippen molar-refractivity contribution >= 4 is 11.6 Å². The number of nitrogens with one attached hydrogen (secondary N) is 1. The summed E-state index contributed by atoms with van der Waals surface area (Å²) >= 11 is 0. The van der Waals surface area contributed by atoms with Gasteiger partial charge in [-0.05, 0) is 36.8 Å². The molecule has 0 bridgehead atoms. The lowest BCUT2D eigenvalue weighted by Crippen LogP contribution is -2.15. The van der Waals surface area contributed by atoms with Crippen molar-refractivity contribution in [2.45, 2.75) is 13.3 Å². The molecule has 4 nitrogen and oxygen atoms in total. The number of nitrogens with zero attached hydrogens (tertiary/aromatic N) is 1. The Morgan fingerprint density at radius 2 is 2.19 bits per heavy atom. The normalized spacial score (nSPS) is 9.62. The molecule has 2 aromatic rings. The number of aryl methyl sites for hydroxylation is 1. The molecule has 0 saturated carbocycles. The van der Waals surface area contributed by atoms with E-state index < -0.39 is 0 Å². The summed E-state index contributed by atoms with van der Waals surface area (Å²) in [4.78, 5) is 16.1. The van der Waals surface area contributed by atoms with E-state index in [0.29, 0.717) is 5.69 Å². The van der Waals surface area contributed by atoms with Crippen LogP contribution in [0.15, 0.2) is 42.6 Å². The second kappa shape index (κ2) is 7.22. The van der Waals surface area contributed by atoms with E-state index in [1.165, 1.54) is 0 Å². The van der Waals surface area contributed by atoms with E-state index in [9.17, 15) is 4.79 Å². The molecule has 1 aromatic heterocycles. The Morgan fingerprint density at radius 3 is 2.90 bits per heavy atom. The Kier molecular flexibility index (Phi) is 5.08. The molecule has 4 heteroatoms. The van der Waals surface area contributed by atoms with Crippen molar-refractivity contribution in [2.75, 3.05) is 11.9 Å². The van der Waals surface area contributed by atoms with Gasteiger partial charge < -0.3 is 10.4 Å². The first-order valence-electron chi connectivity index (χ1n) is 6.59. The molecule has 2 rings (SSSR count). The van der Waals surface area contributed by atoms with Crippen molar-refractivity contribution in [3.05, 3.63) is 59.4 Å². The topological polar surface area (TPSA) is 62.2 Å². The molecular formula is C17H16N2O2. The summed E-state index contributed by atoms with van der Waals surface area (Å²) in [5, 5.41) is 11.6. The van der Waals surface area contributed by atoms with E-state index in [4.69, 9.17) is 5.11 Å². The Labute approximate surface area is 123 Å². The Hall–Kier alpha value is -2.64. The number of carbonyl (C=O) groups excluding carboxylic acids is 1. The van der Waals surface area contributed by atoms with Gasteiger partial charge in [0.2, 0.25) is 5.91 Å². The molecule has 0 aliphatic rings. The fourth-order valence-corrected chi connectivity index (χ4v) is 1.84. The summed E-state index contributed by atoms with van der Waals surface area (Å²) < 4.78 is 0. The molecule has 0 fully saturated rings. The number of anilines is 1. The summed E-state index contributed by atoms with van der Waals surface area (Å²) in [6, 6.07) is 11.0. The predicted octanol–water partition coefficient (Wildman–Crippen LogP) is 1.92. The third-order valence-electron chi connectivity index (χ3n) is 2.89. The van der Waals surface area contributed by atoms with Gasteiger partial charge in [-0.3, -0.25) is 9.78 Å². The van der Waals surface area contributed by atoms with E-state index in [1.807, 2.05) is 37.3 Å². The maximum absolute atomic E-state index is 12.0. The number of benzene rings is 1. The van der Waals surface area contributed by atoms with Crippen molar-refractivity contribution in [3.8, 4) is 11.8 Å². The van der Waals surface area contributed by atoms with Crippen molar-refractivity contribution in [1.29, 1.82) is 0 Å². The van der Waals surface area contributed by atoms with Gasteiger partial charge in [-0.1, -0.05) is 24.0 Å². The number of aromatic nitrogens is 1. The number of aliphatic hydroxyl groups excluding tert-OH is 1. The van der Waals surface area contributed by atoms with Crippen molar-refractivity contribution in [3.63, 3.8) is 0 Å². The molecule has 21 heavy (non-hydrogen) atoms. The van der Waals surface area contributed by atoms with Gasteiger partial charge in [-0.15, -0.1) is 0 Å². The second-order valence-electron chi connectivity index (χ2n) is 4.54. The summed E-state index contributed by atoms with van der Waals surface area (Å²) in [5.41, 5.74) is 3.20. The molecule has 1 aromatic carbocycles. The summed E-state index contributed by atoms with van der Waals surface area (Å²) in [5.74, 6) is 5.34. The minimum Gasteiger partial charge on any atom is -0.384 e. The number of rotatable bonds is 3. The zero-order valence-electron chi connectivity index (χ0n) is 11.8. The molecule has 0 aliphatic carbocycles. The number of aliphatic hydroxyl groups is 1. The number of hydrogen-bond acceptors (Lipinski definition) is 3. The fourth-order valence-electron chi connectivity index (χ4n) is 1.84. The SMILES string of the molecule is Cc1ccc(NC(=O)Cc2ccccn2)cc1C#CCO. The fraction of sp³-hybridized carbons (Fsp3) is 0.176. The van der Waals surface area contributed by atoms with Crippen LogP contribution in [0.5, 0.6) is 0 Å². The van der Waals surface area contributed by atoms with Gasteiger partial charge in [0.1, 0.15) is 6.61 Å². The average molecular weight is 280 g/mol. The van der Waals surface area contributed by atoms with Crippen LogP contribution in [0, 0.1) is 18.8 Å². The maximum atomic E-state index is 12.0. The van der Waals surface area contributed by atoms with E-state index in [0.717, 1.165) is 16.8 Å². The maximum Gasteiger partial charge on any atom is 0.230 e. The molecule has 106 valence electrons. The Balaban J connectivity index is 2.07. The van der Waals surface area contributed by atoms with Gasteiger partial charge in [0.15, 0.2) is 0 Å². The van der Waals surface area contributed by atoms with Crippen molar-refractivity contribution in [1.82, 2.24) is 4.98 Å². The average Bonchev–Trinajstić information content (AvgIpc) is 2.48. The zero-order valence-corrected chi connectivity index (χ0v) is 11.8. The van der Waals surface area contributed by atoms with E-state index >= 15 is 0 Å². The lowest BCUT2D eigenvalue weighted by Gasteiger charge is -2.07. The molecule has 1 heterocycles. The first-order valence-corrected chi connectivity index (χ1v) is 6.59. The lowest BCUT2D eigenvalue weighted by atomic mass is 10.1. The third kappa shape index (κ3) is 4.44. The summed E-state index contributed by atoms with van der Waals surface area (Å²) in [6.45, 7) is 1.75. The minimum atomic E-state index is -0.185. The van der Waals surface area contributed by atoms with Crippen LogP contribution >= 0.6 is 0 Å². The van der Waals surface area contributed by atoms with Crippen LogP contribution in [0.1, 0.15) is 16.8 Å². The monoisotopic (exact) mass is 280 g/mol. The smallest absolute Gasteiger partial charge is 0.230 e. The van der Waals surface area contributed by atoms with E-state index in [-0.39, 0.29) is 18.9 Å². The Morgan fingerprint density at radius 1 is 1.33 bits per heavy atom. The van der Waals surface area contributed by atoms with Crippen LogP contribution in [0.2, 0.25) is 0 Å². The Bertz CT molecular complexity index is 685. The van der Waals surface area contributed by atoms with Crippen LogP contribution in [0.4, 0.5) is 5.69 Å². The molecule has 2 N–H and O–H groups in total. The van der Waals surface area contributed by atoms with Crippen LogP contribution in [0.25, 0.3) is 0 Å². The molecule has 1 amide bonds. The number of amides is 1. The van der Waals surface area contributed by atoms with Crippen molar-refractivity contribution in [2.24, 2.45) is 0 Å². The largest absolute Gasteiger partial charge is 0.384 e. The summed E-state index contributed by atoms with van der Waals surface area (Å²) in [7, 11) is 0. The van der Waals surface area contributed by atoms with Gasteiger partial charge in [0.25, 0.3) is 0 Å². The molecule has 0 radical (unpaired) electrons. The minimum absolute atomic E-state index is 0.126. The number of hydrogen-bond donors (Lipinski definition) is 2. The third-order valence-corrected chi connectivity index (χ3v) is 2.89. The molecule has 0 aliphatic heterocycles. The number of pyridine rings is 1. The lowest BCUT2D eigenvalue weighted by molar-refractivity contribution is -0.115. The van der Waals surface area contributed by atoms with Gasteiger partial charge in [-0.25, -0.2) is 0 Å². The highest BCUT2D eigenvalue weighted by atomic mass is 16.2.